The van der Waals surface area contributed by atoms with Crippen LogP contribution in [0.3, 0.4) is 0 Å². The van der Waals surface area contributed by atoms with Gasteiger partial charge in [-0.1, -0.05) is 6.92 Å². The normalized spacial score (nSPS) is 10.2. The van der Waals surface area contributed by atoms with Gasteiger partial charge in [-0.15, -0.1) is 0 Å². The van der Waals surface area contributed by atoms with Crippen LogP contribution in [0.5, 0.6) is 0 Å². The lowest BCUT2D eigenvalue weighted by atomic mass is 10.2. The Balaban J connectivity index is 3.39. The fourth-order valence-corrected chi connectivity index (χ4v) is 1.10. The number of nitrogens with one attached hydrogen (secondary N) is 1. The predicted octanol–water partition coefficient (Wildman–Crippen LogP) is -0.0260. The Hall–Kier alpha value is -1.52. The number of carboxylic acids is 1. The molecule has 1 rings (SSSR count). The summed E-state index contributed by atoms with van der Waals surface area (Å²) >= 11 is 0. The van der Waals surface area contributed by atoms with E-state index < -0.39 is 5.97 Å². The molecule has 5 nitrogen and oxygen atoms in total. The molecule has 2 N–H and O–H groups in total. The molecule has 0 amide bonds. The molecule has 0 aliphatic heterocycles. The van der Waals surface area contributed by atoms with Gasteiger partial charge in [-0.3, -0.25) is 14.6 Å². The number of rotatable bonds is 2. The molecule has 66 valence electrons. The largest absolute Gasteiger partial charge is 0.477 e. The molecule has 0 spiro atoms. The van der Waals surface area contributed by atoms with Gasteiger partial charge in [0.1, 0.15) is 5.69 Å². The van der Waals surface area contributed by atoms with E-state index in [2.05, 4.69) is 5.10 Å². The van der Waals surface area contributed by atoms with Gasteiger partial charge in [0.05, 0.1) is 5.56 Å². The summed E-state index contributed by atoms with van der Waals surface area (Å²) in [7, 11) is 1.49. The third-order valence-corrected chi connectivity index (χ3v) is 1.71. The predicted molar refractivity (Wildman–Crippen MR) is 42.4 cm³/mol. The zero-order chi connectivity index (χ0) is 9.30. The lowest BCUT2D eigenvalue weighted by molar-refractivity contribution is 0.0688. The van der Waals surface area contributed by atoms with Crippen LogP contribution in [0, 0.1) is 0 Å². The highest BCUT2D eigenvalue weighted by Gasteiger charge is 2.15. The minimum atomic E-state index is -1.09. The molecule has 1 aromatic heterocycles. The fraction of sp³-hybridized carbons (Fsp3) is 0.429. The van der Waals surface area contributed by atoms with E-state index in [1.54, 1.807) is 6.92 Å². The second-order valence-electron chi connectivity index (χ2n) is 2.49. The van der Waals surface area contributed by atoms with Crippen molar-refractivity contribution >= 4 is 5.97 Å². The molecule has 0 bridgehead atoms. The molecule has 0 saturated heterocycles. The van der Waals surface area contributed by atoms with Crippen LogP contribution < -0.4 is 5.56 Å². The number of carbonyl (C=O) groups is 1. The first-order chi connectivity index (χ1) is 5.57. The smallest absolute Gasteiger partial charge is 0.354 e. The highest BCUT2D eigenvalue weighted by Crippen LogP contribution is 2.00. The van der Waals surface area contributed by atoms with E-state index in [1.165, 1.54) is 11.7 Å². The Morgan fingerprint density at radius 3 is 2.58 bits per heavy atom. The van der Waals surface area contributed by atoms with Gasteiger partial charge < -0.3 is 5.11 Å². The average Bonchev–Trinajstić information content (AvgIpc) is 2.29. The van der Waals surface area contributed by atoms with E-state index in [-0.39, 0.29) is 11.3 Å². The Morgan fingerprint density at radius 2 is 2.25 bits per heavy atom. The number of aryl methyl sites for hydroxylation is 1. The van der Waals surface area contributed by atoms with Crippen molar-refractivity contribution < 1.29 is 9.90 Å². The first-order valence-electron chi connectivity index (χ1n) is 3.59. The maximum atomic E-state index is 11.2. The number of aromatic amines is 1. The standard InChI is InChI=1S/C7H10N2O3/c1-3-4-5(7(11)12)8-9(2)6(4)10/h8H,3H2,1-2H3,(H,11,12). The maximum Gasteiger partial charge on any atom is 0.354 e. The minimum absolute atomic E-state index is 0.00926. The summed E-state index contributed by atoms with van der Waals surface area (Å²) in [6.45, 7) is 1.75. The Morgan fingerprint density at radius 1 is 1.67 bits per heavy atom. The molecule has 0 fully saturated rings. The van der Waals surface area contributed by atoms with Crippen molar-refractivity contribution in [1.82, 2.24) is 9.78 Å². The van der Waals surface area contributed by atoms with E-state index in [0.29, 0.717) is 12.0 Å². The van der Waals surface area contributed by atoms with Gasteiger partial charge in [-0.25, -0.2) is 4.79 Å². The van der Waals surface area contributed by atoms with Crippen molar-refractivity contribution in [1.29, 1.82) is 0 Å². The number of hydrogen-bond donors (Lipinski definition) is 2. The number of H-pyrrole nitrogens is 1. The molecule has 0 aliphatic rings. The van der Waals surface area contributed by atoms with Crippen LogP contribution in [-0.4, -0.2) is 20.9 Å². The molecule has 0 unspecified atom stereocenters. The fourth-order valence-electron chi connectivity index (χ4n) is 1.10. The summed E-state index contributed by atoms with van der Waals surface area (Å²) in [5.41, 5.74) is 0.0462. The molecular weight excluding hydrogens is 160 g/mol. The monoisotopic (exact) mass is 170 g/mol. The molecule has 0 atom stereocenters. The first-order valence-corrected chi connectivity index (χ1v) is 3.59. The van der Waals surface area contributed by atoms with Crippen LogP contribution >= 0.6 is 0 Å². The summed E-state index contributed by atoms with van der Waals surface area (Å²) < 4.78 is 1.17. The van der Waals surface area contributed by atoms with Gasteiger partial charge in [-0.05, 0) is 6.42 Å². The van der Waals surface area contributed by atoms with E-state index in [1.807, 2.05) is 0 Å². The molecule has 0 saturated carbocycles. The van der Waals surface area contributed by atoms with Crippen LogP contribution in [0.2, 0.25) is 0 Å². The number of hydrogen-bond acceptors (Lipinski definition) is 2. The van der Waals surface area contributed by atoms with Gasteiger partial charge in [0, 0.05) is 7.05 Å². The molecule has 5 heteroatoms. The molecule has 0 radical (unpaired) electrons. The highest BCUT2D eigenvalue weighted by molar-refractivity contribution is 5.86. The van der Waals surface area contributed by atoms with E-state index in [9.17, 15) is 9.59 Å². The lowest BCUT2D eigenvalue weighted by Crippen LogP contribution is -2.14. The van der Waals surface area contributed by atoms with E-state index >= 15 is 0 Å². The summed E-state index contributed by atoms with van der Waals surface area (Å²) in [6.07, 6.45) is 0.428. The van der Waals surface area contributed by atoms with Gasteiger partial charge in [0.15, 0.2) is 0 Å². The van der Waals surface area contributed by atoms with Crippen LogP contribution in [0.1, 0.15) is 23.0 Å². The topological polar surface area (TPSA) is 75.1 Å². The van der Waals surface area contributed by atoms with Crippen molar-refractivity contribution in [3.05, 3.63) is 21.6 Å². The molecular formula is C7H10N2O3. The summed E-state index contributed by atoms with van der Waals surface area (Å²) in [4.78, 5) is 21.8. The van der Waals surface area contributed by atoms with Crippen molar-refractivity contribution in [2.24, 2.45) is 7.05 Å². The van der Waals surface area contributed by atoms with Crippen LogP contribution in [0.4, 0.5) is 0 Å². The Bertz CT molecular complexity index is 361. The average molecular weight is 170 g/mol. The zero-order valence-corrected chi connectivity index (χ0v) is 6.92. The van der Waals surface area contributed by atoms with Crippen LogP contribution in [-0.2, 0) is 13.5 Å². The SMILES string of the molecule is CCc1c(C(=O)O)[nH]n(C)c1=O. The number of carboxylic acid groups (broad SMARTS) is 1. The highest BCUT2D eigenvalue weighted by atomic mass is 16.4. The third kappa shape index (κ3) is 1.13. The second kappa shape index (κ2) is 2.84. The zero-order valence-electron chi connectivity index (χ0n) is 6.92. The summed E-state index contributed by atoms with van der Waals surface area (Å²) in [6, 6.07) is 0. The Labute approximate surface area is 68.6 Å². The summed E-state index contributed by atoms with van der Waals surface area (Å²) in [5, 5.41) is 11.1. The quantitative estimate of drug-likeness (QED) is 0.654. The number of nitrogens with zero attached hydrogens (tertiary/aromatic N) is 1. The van der Waals surface area contributed by atoms with Crippen LogP contribution in [0.15, 0.2) is 4.79 Å². The minimum Gasteiger partial charge on any atom is -0.477 e. The maximum absolute atomic E-state index is 11.2. The molecule has 1 heterocycles. The van der Waals surface area contributed by atoms with Crippen molar-refractivity contribution in [2.75, 3.05) is 0 Å². The molecule has 0 aliphatic carbocycles. The first kappa shape index (κ1) is 8.58. The van der Waals surface area contributed by atoms with E-state index in [0.717, 1.165) is 0 Å². The van der Waals surface area contributed by atoms with Gasteiger partial charge in [0.2, 0.25) is 0 Å². The van der Waals surface area contributed by atoms with Crippen molar-refractivity contribution in [2.45, 2.75) is 13.3 Å². The van der Waals surface area contributed by atoms with Gasteiger partial charge in [-0.2, -0.15) is 0 Å². The lowest BCUT2D eigenvalue weighted by Gasteiger charge is -1.89. The van der Waals surface area contributed by atoms with Gasteiger partial charge in [0.25, 0.3) is 5.56 Å². The van der Waals surface area contributed by atoms with Gasteiger partial charge >= 0.3 is 5.97 Å². The molecule has 0 aromatic carbocycles. The molecule has 1 aromatic rings. The summed E-state index contributed by atoms with van der Waals surface area (Å²) in [5.74, 6) is -1.09. The van der Waals surface area contributed by atoms with Crippen molar-refractivity contribution in [3.63, 3.8) is 0 Å². The molecule has 12 heavy (non-hydrogen) atoms. The van der Waals surface area contributed by atoms with Crippen molar-refractivity contribution in [3.8, 4) is 0 Å². The number of aromatic carboxylic acids is 1. The second-order valence-corrected chi connectivity index (χ2v) is 2.49. The van der Waals surface area contributed by atoms with E-state index in [4.69, 9.17) is 5.11 Å². The van der Waals surface area contributed by atoms with Crippen LogP contribution in [0.25, 0.3) is 0 Å². The Kier molecular flexibility index (Phi) is 2.03. The number of aromatic nitrogens is 2. The third-order valence-electron chi connectivity index (χ3n) is 1.71.